The van der Waals surface area contributed by atoms with Crippen molar-refractivity contribution in [1.82, 2.24) is 10.2 Å². The number of aromatic nitrogens is 2. The summed E-state index contributed by atoms with van der Waals surface area (Å²) in [4.78, 5) is 11.9. The van der Waals surface area contributed by atoms with Crippen LogP contribution in [0, 0.1) is 0 Å². The van der Waals surface area contributed by atoms with Crippen molar-refractivity contribution in [3.8, 4) is 0 Å². The third-order valence-electron chi connectivity index (χ3n) is 3.37. The van der Waals surface area contributed by atoms with Crippen LogP contribution in [0.25, 0.3) is 10.9 Å². The van der Waals surface area contributed by atoms with Gasteiger partial charge in [0.25, 0.3) is 0 Å². The smallest absolute Gasteiger partial charge is 0.235 e. The molecule has 1 amide bonds. The van der Waals surface area contributed by atoms with Crippen LogP contribution in [-0.2, 0) is 14.6 Å². The van der Waals surface area contributed by atoms with Gasteiger partial charge in [-0.3, -0.25) is 9.89 Å². The molecule has 0 bridgehead atoms. The summed E-state index contributed by atoms with van der Waals surface area (Å²) in [5.41, 5.74) is 0.863. The fraction of sp³-hybridized carbons (Fsp3) is 0.385. The van der Waals surface area contributed by atoms with Crippen LogP contribution >= 0.6 is 11.8 Å². The van der Waals surface area contributed by atoms with Gasteiger partial charge in [-0.05, 0) is 18.6 Å². The molecule has 0 radical (unpaired) electrons. The molecule has 1 fully saturated rings. The van der Waals surface area contributed by atoms with Crippen LogP contribution in [0.2, 0.25) is 0 Å². The summed E-state index contributed by atoms with van der Waals surface area (Å²) in [6, 6.07) is 7.54. The number of carbonyl (C=O) groups is 1. The molecule has 1 atom stereocenters. The molecule has 3 rings (SSSR count). The summed E-state index contributed by atoms with van der Waals surface area (Å²) in [7, 11) is -2.89. The number of anilines is 1. The molecular weight excluding hydrogens is 310 g/mol. The predicted molar refractivity (Wildman–Crippen MR) is 84.2 cm³/mol. The molecular formula is C13H15N3O3S2. The second-order valence-electron chi connectivity index (χ2n) is 5.00. The lowest BCUT2D eigenvalue weighted by molar-refractivity contribution is -0.113. The van der Waals surface area contributed by atoms with Crippen molar-refractivity contribution < 1.29 is 13.2 Å². The van der Waals surface area contributed by atoms with Gasteiger partial charge in [0.05, 0.1) is 22.8 Å². The van der Waals surface area contributed by atoms with Crippen LogP contribution in [0.15, 0.2) is 24.3 Å². The third kappa shape index (κ3) is 3.38. The zero-order chi connectivity index (χ0) is 14.9. The second-order valence-corrected chi connectivity index (χ2v) is 8.52. The number of thioether (sulfide) groups is 1. The van der Waals surface area contributed by atoms with E-state index in [1.807, 2.05) is 24.3 Å². The maximum absolute atomic E-state index is 11.9. The first kappa shape index (κ1) is 14.4. The monoisotopic (exact) mass is 325 g/mol. The lowest BCUT2D eigenvalue weighted by atomic mass is 10.2. The van der Waals surface area contributed by atoms with Gasteiger partial charge in [0.1, 0.15) is 0 Å². The highest BCUT2D eigenvalue weighted by Crippen LogP contribution is 2.25. The van der Waals surface area contributed by atoms with Gasteiger partial charge < -0.3 is 5.32 Å². The Morgan fingerprint density at radius 1 is 1.43 bits per heavy atom. The average Bonchev–Trinajstić information content (AvgIpc) is 3.01. The molecule has 1 aliphatic rings. The Balaban J connectivity index is 1.57. The molecule has 2 aromatic rings. The van der Waals surface area contributed by atoms with Gasteiger partial charge in [-0.2, -0.15) is 5.10 Å². The van der Waals surface area contributed by atoms with Gasteiger partial charge in [-0.1, -0.05) is 12.1 Å². The largest absolute Gasteiger partial charge is 0.308 e. The van der Waals surface area contributed by atoms with Crippen molar-refractivity contribution >= 4 is 44.2 Å². The van der Waals surface area contributed by atoms with E-state index in [-0.39, 0.29) is 28.4 Å². The standard InChI is InChI=1S/C13H15N3O3S2/c17-12(7-20-9-5-6-21(18,19)8-9)14-13-10-3-1-2-4-11(10)15-16-13/h1-4,9H,5-8H2,(H2,14,15,16,17). The first-order chi connectivity index (χ1) is 10.0. The Morgan fingerprint density at radius 2 is 2.24 bits per heavy atom. The Kier molecular flexibility index (Phi) is 3.90. The number of rotatable bonds is 4. The SMILES string of the molecule is O=C(CSC1CCS(=O)(=O)C1)Nc1n[nH]c2ccccc12. The van der Waals surface area contributed by atoms with Gasteiger partial charge in [0.15, 0.2) is 15.7 Å². The highest BCUT2D eigenvalue weighted by Gasteiger charge is 2.28. The maximum atomic E-state index is 11.9. The number of H-pyrrole nitrogens is 1. The molecule has 0 spiro atoms. The van der Waals surface area contributed by atoms with E-state index in [1.165, 1.54) is 11.8 Å². The van der Waals surface area contributed by atoms with Gasteiger partial charge in [0.2, 0.25) is 5.91 Å². The predicted octanol–water partition coefficient (Wildman–Crippen LogP) is 1.42. The molecule has 1 saturated heterocycles. The minimum Gasteiger partial charge on any atom is -0.308 e. The Hall–Kier alpha value is -1.54. The number of aromatic amines is 1. The summed E-state index contributed by atoms with van der Waals surface area (Å²) in [5.74, 6) is 0.991. The maximum Gasteiger partial charge on any atom is 0.235 e. The minimum absolute atomic E-state index is 0.0247. The lowest BCUT2D eigenvalue weighted by Gasteiger charge is -2.07. The molecule has 1 aromatic heterocycles. The van der Waals surface area contributed by atoms with E-state index in [4.69, 9.17) is 0 Å². The van der Waals surface area contributed by atoms with E-state index in [9.17, 15) is 13.2 Å². The van der Waals surface area contributed by atoms with Crippen LogP contribution in [0.5, 0.6) is 0 Å². The molecule has 1 unspecified atom stereocenters. The van der Waals surface area contributed by atoms with Crippen LogP contribution in [0.1, 0.15) is 6.42 Å². The van der Waals surface area contributed by atoms with E-state index < -0.39 is 9.84 Å². The highest BCUT2D eigenvalue weighted by atomic mass is 32.2. The normalized spacial score (nSPS) is 20.7. The van der Waals surface area contributed by atoms with Crippen LogP contribution < -0.4 is 5.32 Å². The summed E-state index contributed by atoms with van der Waals surface area (Å²) >= 11 is 1.39. The van der Waals surface area contributed by atoms with Crippen molar-refractivity contribution in [3.63, 3.8) is 0 Å². The molecule has 1 aliphatic heterocycles. The number of carbonyl (C=O) groups excluding carboxylic acids is 1. The highest BCUT2D eigenvalue weighted by molar-refractivity contribution is 8.02. The van der Waals surface area contributed by atoms with Crippen molar-refractivity contribution in [3.05, 3.63) is 24.3 Å². The van der Waals surface area contributed by atoms with Crippen molar-refractivity contribution in [2.75, 3.05) is 22.6 Å². The molecule has 1 aromatic carbocycles. The molecule has 2 heterocycles. The number of benzene rings is 1. The number of hydrogen-bond donors (Lipinski definition) is 2. The fourth-order valence-electron chi connectivity index (χ4n) is 2.31. The molecule has 8 heteroatoms. The quantitative estimate of drug-likeness (QED) is 0.887. The van der Waals surface area contributed by atoms with Crippen LogP contribution in [0.4, 0.5) is 5.82 Å². The van der Waals surface area contributed by atoms with Crippen molar-refractivity contribution in [2.45, 2.75) is 11.7 Å². The first-order valence-electron chi connectivity index (χ1n) is 6.58. The first-order valence-corrected chi connectivity index (χ1v) is 9.45. The second kappa shape index (κ2) is 5.69. The number of nitrogens with zero attached hydrogens (tertiary/aromatic N) is 1. The van der Waals surface area contributed by atoms with E-state index in [0.29, 0.717) is 12.2 Å². The molecule has 112 valence electrons. The summed E-state index contributed by atoms with van der Waals surface area (Å²) in [6.07, 6.45) is 0.631. The molecule has 0 aliphatic carbocycles. The summed E-state index contributed by atoms with van der Waals surface area (Å²) < 4.78 is 22.7. The third-order valence-corrected chi connectivity index (χ3v) is 6.65. The van der Waals surface area contributed by atoms with Crippen molar-refractivity contribution in [1.29, 1.82) is 0 Å². The van der Waals surface area contributed by atoms with Gasteiger partial charge in [-0.25, -0.2) is 8.42 Å². The number of amides is 1. The average molecular weight is 325 g/mol. The van der Waals surface area contributed by atoms with Crippen LogP contribution in [-0.4, -0.2) is 47.0 Å². The number of para-hydroxylation sites is 1. The summed E-state index contributed by atoms with van der Waals surface area (Å²) in [6.45, 7) is 0. The minimum atomic E-state index is -2.89. The Labute approximate surface area is 126 Å². The summed E-state index contributed by atoms with van der Waals surface area (Å²) in [5, 5.41) is 10.6. The van der Waals surface area contributed by atoms with Gasteiger partial charge >= 0.3 is 0 Å². The van der Waals surface area contributed by atoms with Gasteiger partial charge in [0, 0.05) is 10.6 Å². The number of hydrogen-bond acceptors (Lipinski definition) is 5. The topological polar surface area (TPSA) is 91.9 Å². The van der Waals surface area contributed by atoms with Crippen LogP contribution in [0.3, 0.4) is 0 Å². The fourth-order valence-corrected chi connectivity index (χ4v) is 5.76. The van der Waals surface area contributed by atoms with Gasteiger partial charge in [-0.15, -0.1) is 11.8 Å². The number of sulfone groups is 1. The number of fused-ring (bicyclic) bond motifs is 1. The molecule has 0 saturated carbocycles. The molecule has 21 heavy (non-hydrogen) atoms. The Bertz CT molecular complexity index is 770. The zero-order valence-electron chi connectivity index (χ0n) is 11.2. The number of nitrogens with one attached hydrogen (secondary N) is 2. The lowest BCUT2D eigenvalue weighted by Crippen LogP contribution is -2.17. The van der Waals surface area contributed by atoms with E-state index in [1.54, 1.807) is 0 Å². The molecule has 6 nitrogen and oxygen atoms in total. The Morgan fingerprint density at radius 3 is 3.00 bits per heavy atom. The zero-order valence-corrected chi connectivity index (χ0v) is 12.8. The van der Waals surface area contributed by atoms with E-state index >= 15 is 0 Å². The molecule has 2 N–H and O–H groups in total. The van der Waals surface area contributed by atoms with E-state index in [0.717, 1.165) is 10.9 Å². The van der Waals surface area contributed by atoms with E-state index in [2.05, 4.69) is 15.5 Å². The van der Waals surface area contributed by atoms with Crippen molar-refractivity contribution in [2.24, 2.45) is 0 Å².